The summed E-state index contributed by atoms with van der Waals surface area (Å²) in [6, 6.07) is 0. The van der Waals surface area contributed by atoms with Gasteiger partial charge in [0, 0.05) is 6.42 Å². The Morgan fingerprint density at radius 1 is 1.17 bits per heavy atom. The van der Waals surface area contributed by atoms with E-state index >= 15 is 0 Å². The van der Waals surface area contributed by atoms with Crippen molar-refractivity contribution in [1.29, 1.82) is 0 Å². The summed E-state index contributed by atoms with van der Waals surface area (Å²) in [4.78, 5) is 23.3. The van der Waals surface area contributed by atoms with Crippen molar-refractivity contribution in [1.82, 2.24) is 0 Å². The largest absolute Gasteiger partial charge is 0.468 e. The fourth-order valence-corrected chi connectivity index (χ4v) is 1.98. The third-order valence-electron chi connectivity index (χ3n) is 3.05. The minimum Gasteiger partial charge on any atom is -0.468 e. The predicted molar refractivity (Wildman–Crippen MR) is 68.6 cm³/mol. The minimum absolute atomic E-state index is 0.0531. The van der Waals surface area contributed by atoms with Gasteiger partial charge in [-0.2, -0.15) is 0 Å². The van der Waals surface area contributed by atoms with Gasteiger partial charge in [-0.25, -0.2) is 0 Å². The Morgan fingerprint density at radius 3 is 2.11 bits per heavy atom. The Labute approximate surface area is 109 Å². The van der Waals surface area contributed by atoms with Crippen molar-refractivity contribution in [3.8, 4) is 12.3 Å². The smallest absolute Gasteiger partial charge is 0.320 e. The van der Waals surface area contributed by atoms with Crippen molar-refractivity contribution in [3.63, 3.8) is 0 Å². The van der Waals surface area contributed by atoms with Crippen LogP contribution in [0, 0.1) is 24.2 Å². The van der Waals surface area contributed by atoms with Gasteiger partial charge in [-0.1, -0.05) is 19.8 Å². The molecule has 4 nitrogen and oxygen atoms in total. The number of hydrogen-bond acceptors (Lipinski definition) is 4. The molecule has 0 aromatic carbocycles. The van der Waals surface area contributed by atoms with Crippen LogP contribution in [0.2, 0.25) is 0 Å². The van der Waals surface area contributed by atoms with Gasteiger partial charge in [0.25, 0.3) is 0 Å². The first-order valence-electron chi connectivity index (χ1n) is 6.21. The highest BCUT2D eigenvalue weighted by Crippen LogP contribution is 2.25. The average molecular weight is 254 g/mol. The van der Waals surface area contributed by atoms with Gasteiger partial charge in [0.2, 0.25) is 0 Å². The summed E-state index contributed by atoms with van der Waals surface area (Å²) in [5.74, 6) is 0.652. The third-order valence-corrected chi connectivity index (χ3v) is 3.05. The van der Waals surface area contributed by atoms with Gasteiger partial charge in [-0.3, -0.25) is 9.59 Å². The van der Waals surface area contributed by atoms with E-state index in [2.05, 4.69) is 15.4 Å². The summed E-state index contributed by atoms with van der Waals surface area (Å²) >= 11 is 0. The molecule has 0 fully saturated rings. The number of hydrogen-bond donors (Lipinski definition) is 0. The molecule has 0 heterocycles. The number of carbonyl (C=O) groups is 2. The molecule has 0 spiro atoms. The lowest BCUT2D eigenvalue weighted by atomic mass is 9.85. The van der Waals surface area contributed by atoms with Crippen LogP contribution in [0.1, 0.15) is 39.0 Å². The second-order valence-corrected chi connectivity index (χ2v) is 4.14. The van der Waals surface area contributed by atoms with E-state index < -0.39 is 17.9 Å². The number of methoxy groups -OCH3 is 2. The molecule has 0 aliphatic carbocycles. The second kappa shape index (κ2) is 9.52. The quantitative estimate of drug-likeness (QED) is 0.288. The zero-order valence-electron chi connectivity index (χ0n) is 11.4. The summed E-state index contributed by atoms with van der Waals surface area (Å²) in [5.41, 5.74) is 0. The highest BCUT2D eigenvalue weighted by molar-refractivity contribution is 5.95. The minimum atomic E-state index is -0.823. The van der Waals surface area contributed by atoms with Crippen LogP contribution in [0.5, 0.6) is 0 Å². The summed E-state index contributed by atoms with van der Waals surface area (Å²) in [7, 11) is 2.56. The first kappa shape index (κ1) is 16.5. The van der Waals surface area contributed by atoms with E-state index in [0.717, 1.165) is 32.1 Å². The van der Waals surface area contributed by atoms with Crippen LogP contribution in [-0.4, -0.2) is 26.2 Å². The Bertz CT molecular complexity index is 287. The van der Waals surface area contributed by atoms with Crippen LogP contribution >= 0.6 is 0 Å². The molecular formula is C14H22O4. The molecular weight excluding hydrogens is 232 g/mol. The Kier molecular flexibility index (Phi) is 8.73. The van der Waals surface area contributed by atoms with Gasteiger partial charge in [0.05, 0.1) is 14.2 Å². The fraction of sp³-hybridized carbons (Fsp3) is 0.714. The van der Waals surface area contributed by atoms with E-state index in [1.165, 1.54) is 14.2 Å². The summed E-state index contributed by atoms with van der Waals surface area (Å²) in [5, 5.41) is 0. The first-order valence-corrected chi connectivity index (χ1v) is 6.21. The van der Waals surface area contributed by atoms with E-state index in [1.807, 2.05) is 6.92 Å². The highest BCUT2D eigenvalue weighted by Gasteiger charge is 2.35. The first-order chi connectivity index (χ1) is 8.62. The van der Waals surface area contributed by atoms with Crippen LogP contribution in [0.25, 0.3) is 0 Å². The topological polar surface area (TPSA) is 52.6 Å². The van der Waals surface area contributed by atoms with Crippen molar-refractivity contribution in [2.24, 2.45) is 11.8 Å². The van der Waals surface area contributed by atoms with Gasteiger partial charge >= 0.3 is 11.9 Å². The number of carbonyl (C=O) groups excluding carboxylic acids is 2. The van der Waals surface area contributed by atoms with Gasteiger partial charge in [0.1, 0.15) is 0 Å². The lowest BCUT2D eigenvalue weighted by Crippen LogP contribution is -2.33. The molecule has 0 aliphatic heterocycles. The molecule has 0 N–H and O–H groups in total. The molecule has 0 saturated heterocycles. The maximum atomic E-state index is 11.6. The zero-order valence-corrected chi connectivity index (χ0v) is 11.4. The van der Waals surface area contributed by atoms with Crippen LogP contribution in [0.3, 0.4) is 0 Å². The second-order valence-electron chi connectivity index (χ2n) is 4.14. The summed E-state index contributed by atoms with van der Waals surface area (Å²) in [6.07, 6.45) is 9.20. The standard InChI is InChI=1S/C14H22O4/c1-5-7-8-9-10-11(6-2)12(13(15)17-3)14(16)18-4/h1,11-12H,6-10H2,2-4H3/t11-/m1/s1. The van der Waals surface area contributed by atoms with Crippen LogP contribution < -0.4 is 0 Å². The summed E-state index contributed by atoms with van der Waals surface area (Å²) < 4.78 is 9.35. The number of esters is 2. The van der Waals surface area contributed by atoms with Gasteiger partial charge in [0.15, 0.2) is 5.92 Å². The molecule has 0 aromatic heterocycles. The molecule has 1 atom stereocenters. The van der Waals surface area contributed by atoms with Crippen LogP contribution in [0.15, 0.2) is 0 Å². The van der Waals surface area contributed by atoms with E-state index in [-0.39, 0.29) is 5.92 Å². The van der Waals surface area contributed by atoms with Crippen molar-refractivity contribution in [2.45, 2.75) is 39.0 Å². The van der Waals surface area contributed by atoms with Gasteiger partial charge < -0.3 is 9.47 Å². The molecule has 0 amide bonds. The monoisotopic (exact) mass is 254 g/mol. The Morgan fingerprint density at radius 2 is 1.72 bits per heavy atom. The molecule has 102 valence electrons. The average Bonchev–Trinajstić information content (AvgIpc) is 2.40. The van der Waals surface area contributed by atoms with Crippen molar-refractivity contribution < 1.29 is 19.1 Å². The number of ether oxygens (including phenoxy) is 2. The number of rotatable bonds is 8. The highest BCUT2D eigenvalue weighted by atomic mass is 16.5. The van der Waals surface area contributed by atoms with Crippen molar-refractivity contribution >= 4 is 11.9 Å². The molecule has 0 aromatic rings. The van der Waals surface area contributed by atoms with Gasteiger partial charge in [-0.05, 0) is 18.8 Å². The zero-order chi connectivity index (χ0) is 14.0. The molecule has 0 radical (unpaired) electrons. The lowest BCUT2D eigenvalue weighted by molar-refractivity contribution is -0.161. The van der Waals surface area contributed by atoms with E-state index in [0.29, 0.717) is 0 Å². The molecule has 0 rings (SSSR count). The van der Waals surface area contributed by atoms with Crippen LogP contribution in [-0.2, 0) is 19.1 Å². The Hall–Kier alpha value is -1.50. The van der Waals surface area contributed by atoms with Crippen molar-refractivity contribution in [2.75, 3.05) is 14.2 Å². The number of unbranched alkanes of at least 4 members (excludes halogenated alkanes) is 2. The molecule has 0 unspecified atom stereocenters. The maximum absolute atomic E-state index is 11.6. The molecule has 0 aliphatic rings. The SMILES string of the molecule is C#CCCCC[C@@H](CC)C(C(=O)OC)C(=O)OC. The molecule has 18 heavy (non-hydrogen) atoms. The maximum Gasteiger partial charge on any atom is 0.320 e. The van der Waals surface area contributed by atoms with Crippen molar-refractivity contribution in [3.05, 3.63) is 0 Å². The lowest BCUT2D eigenvalue weighted by Gasteiger charge is -2.21. The molecule has 4 heteroatoms. The van der Waals surface area contributed by atoms with E-state index in [9.17, 15) is 9.59 Å². The van der Waals surface area contributed by atoms with E-state index in [4.69, 9.17) is 6.42 Å². The number of terminal acetylenes is 1. The Balaban J connectivity index is 4.56. The predicted octanol–water partition coefficient (Wildman–Crippen LogP) is 2.17. The normalized spacial score (nSPS) is 11.7. The fourth-order valence-electron chi connectivity index (χ4n) is 1.98. The summed E-state index contributed by atoms with van der Waals surface area (Å²) in [6.45, 7) is 1.95. The molecule has 0 saturated carbocycles. The third kappa shape index (κ3) is 5.22. The van der Waals surface area contributed by atoms with Crippen LogP contribution in [0.4, 0.5) is 0 Å². The van der Waals surface area contributed by atoms with E-state index in [1.54, 1.807) is 0 Å². The molecule has 0 bridgehead atoms. The van der Waals surface area contributed by atoms with Gasteiger partial charge in [-0.15, -0.1) is 12.3 Å².